The standard InChI is InChI=1S/C36H45N3O8/c1-6-44-34(41)12-8-26-22-28(43-5)23-30-29(26)9-11-33(40)38(30)18-17-37-15-13-27(14-16-37)39(35(42)47-36(2,3)4)24-25-7-10-31-32(21-25)46-20-19-45-31/h7-12,21-23,27H,6,13-20,24H2,1-5H3/b12-8+. The van der Waals surface area contributed by atoms with Gasteiger partial charge in [0, 0.05) is 62.4 Å². The molecule has 1 amide bonds. The molecule has 2 aliphatic rings. The molecule has 1 aromatic heterocycles. The average molecular weight is 648 g/mol. The number of fused-ring (bicyclic) bond motifs is 2. The van der Waals surface area contributed by atoms with Gasteiger partial charge >= 0.3 is 12.1 Å². The van der Waals surface area contributed by atoms with Crippen molar-refractivity contribution in [3.05, 3.63) is 70.0 Å². The van der Waals surface area contributed by atoms with Crippen LogP contribution in [0.15, 0.2) is 53.3 Å². The molecule has 0 unspecified atom stereocenters. The van der Waals surface area contributed by atoms with E-state index in [1.807, 2.05) is 56.0 Å². The maximum absolute atomic E-state index is 13.5. The van der Waals surface area contributed by atoms with Crippen LogP contribution < -0.4 is 19.8 Å². The number of esters is 1. The van der Waals surface area contributed by atoms with Crippen molar-refractivity contribution in [1.82, 2.24) is 14.4 Å². The van der Waals surface area contributed by atoms with Crippen molar-refractivity contribution in [2.75, 3.05) is 46.6 Å². The summed E-state index contributed by atoms with van der Waals surface area (Å²) in [5.74, 6) is 1.56. The van der Waals surface area contributed by atoms with Crippen molar-refractivity contribution < 1.29 is 33.3 Å². The van der Waals surface area contributed by atoms with E-state index in [1.165, 1.54) is 6.08 Å². The summed E-state index contributed by atoms with van der Waals surface area (Å²) in [4.78, 5) is 42.7. The van der Waals surface area contributed by atoms with Crippen LogP contribution >= 0.6 is 0 Å². The van der Waals surface area contributed by atoms with Crippen LogP contribution in [0.5, 0.6) is 17.2 Å². The van der Waals surface area contributed by atoms with Gasteiger partial charge < -0.3 is 38.1 Å². The smallest absolute Gasteiger partial charge is 0.410 e. The van der Waals surface area contributed by atoms with E-state index in [0.717, 1.165) is 48.0 Å². The quantitative estimate of drug-likeness (QED) is 0.215. The lowest BCUT2D eigenvalue weighted by Crippen LogP contribution is -2.49. The summed E-state index contributed by atoms with van der Waals surface area (Å²) in [7, 11) is 1.57. The molecule has 0 spiro atoms. The van der Waals surface area contributed by atoms with Crippen molar-refractivity contribution in [1.29, 1.82) is 0 Å². The van der Waals surface area contributed by atoms with Crippen LogP contribution in [-0.2, 0) is 27.4 Å². The predicted octanol–water partition coefficient (Wildman–Crippen LogP) is 5.26. The van der Waals surface area contributed by atoms with Gasteiger partial charge in [-0.2, -0.15) is 0 Å². The lowest BCUT2D eigenvalue weighted by atomic mass is 10.0. The number of amides is 1. The molecule has 2 aromatic carbocycles. The number of aromatic nitrogens is 1. The molecule has 1 saturated heterocycles. The number of rotatable bonds is 10. The minimum atomic E-state index is -0.619. The van der Waals surface area contributed by atoms with Crippen molar-refractivity contribution in [2.24, 2.45) is 0 Å². The number of hydrogen-bond acceptors (Lipinski definition) is 9. The first kappa shape index (κ1) is 33.8. The number of benzene rings is 2. The Morgan fingerprint density at radius 2 is 1.74 bits per heavy atom. The molecule has 0 atom stereocenters. The largest absolute Gasteiger partial charge is 0.497 e. The summed E-state index contributed by atoms with van der Waals surface area (Å²) in [6, 6.07) is 12.8. The first-order chi connectivity index (χ1) is 22.5. The normalized spacial score (nSPS) is 15.5. The third-order valence-electron chi connectivity index (χ3n) is 8.26. The predicted molar refractivity (Wildman–Crippen MR) is 179 cm³/mol. The molecule has 252 valence electrons. The van der Waals surface area contributed by atoms with Gasteiger partial charge in [0.2, 0.25) is 0 Å². The number of pyridine rings is 1. The number of piperidine rings is 1. The van der Waals surface area contributed by atoms with Crippen LogP contribution in [0.3, 0.4) is 0 Å². The van der Waals surface area contributed by atoms with E-state index in [-0.39, 0.29) is 24.3 Å². The zero-order valence-electron chi connectivity index (χ0n) is 28.0. The van der Waals surface area contributed by atoms with Gasteiger partial charge in [0.1, 0.15) is 24.6 Å². The molecule has 5 rings (SSSR count). The third-order valence-corrected chi connectivity index (χ3v) is 8.26. The number of hydrogen-bond donors (Lipinski definition) is 0. The molecule has 0 radical (unpaired) electrons. The van der Waals surface area contributed by atoms with Crippen LogP contribution in [0, 0.1) is 0 Å². The van der Waals surface area contributed by atoms with Gasteiger partial charge in [-0.15, -0.1) is 0 Å². The van der Waals surface area contributed by atoms with Crippen molar-refractivity contribution in [3.63, 3.8) is 0 Å². The summed E-state index contributed by atoms with van der Waals surface area (Å²) in [5, 5.41) is 0.830. The first-order valence-corrected chi connectivity index (χ1v) is 16.2. The Morgan fingerprint density at radius 1 is 1.00 bits per heavy atom. The highest BCUT2D eigenvalue weighted by Gasteiger charge is 2.31. The molecular formula is C36H45N3O8. The van der Waals surface area contributed by atoms with E-state index in [9.17, 15) is 14.4 Å². The fourth-order valence-electron chi connectivity index (χ4n) is 5.98. The van der Waals surface area contributed by atoms with Crippen LogP contribution in [0.1, 0.15) is 51.7 Å². The van der Waals surface area contributed by atoms with Crippen LogP contribution in [0.2, 0.25) is 0 Å². The van der Waals surface area contributed by atoms with E-state index in [4.69, 9.17) is 23.7 Å². The Labute approximate surface area is 275 Å². The maximum atomic E-state index is 13.5. The zero-order valence-corrected chi connectivity index (χ0v) is 28.0. The summed E-state index contributed by atoms with van der Waals surface area (Å²) in [6.45, 7) is 11.8. The lowest BCUT2D eigenvalue weighted by Gasteiger charge is -2.39. The lowest BCUT2D eigenvalue weighted by molar-refractivity contribution is -0.137. The Balaban J connectivity index is 1.29. The number of carbonyl (C=O) groups is 2. The molecule has 0 N–H and O–H groups in total. The highest BCUT2D eigenvalue weighted by molar-refractivity contribution is 5.94. The Kier molecular flexibility index (Phi) is 10.8. The molecule has 0 bridgehead atoms. The molecule has 1 fully saturated rings. The van der Waals surface area contributed by atoms with Gasteiger partial charge in [0.25, 0.3) is 5.56 Å². The van der Waals surface area contributed by atoms with Crippen molar-refractivity contribution >= 4 is 29.0 Å². The number of methoxy groups -OCH3 is 1. The van der Waals surface area contributed by atoms with E-state index < -0.39 is 11.6 Å². The second-order valence-electron chi connectivity index (χ2n) is 12.7. The number of ether oxygens (including phenoxy) is 5. The highest BCUT2D eigenvalue weighted by atomic mass is 16.6. The average Bonchev–Trinajstić information content (AvgIpc) is 3.05. The molecule has 47 heavy (non-hydrogen) atoms. The van der Waals surface area contributed by atoms with Gasteiger partial charge in [0.15, 0.2) is 11.5 Å². The molecular weight excluding hydrogens is 602 g/mol. The monoisotopic (exact) mass is 647 g/mol. The minimum absolute atomic E-state index is 0.00687. The molecule has 11 heteroatoms. The van der Waals surface area contributed by atoms with Crippen LogP contribution in [-0.4, -0.2) is 84.6 Å². The molecule has 3 heterocycles. The number of nitrogens with zero attached hydrogens (tertiary/aromatic N) is 3. The SMILES string of the molecule is CCOC(=O)/C=C/c1cc(OC)cc2c1ccc(=O)n2CCN1CCC(N(Cc2ccc3c(c2)OCCO3)C(=O)OC(C)(C)C)CC1. The molecule has 0 saturated carbocycles. The molecule has 0 aliphatic carbocycles. The summed E-state index contributed by atoms with van der Waals surface area (Å²) >= 11 is 0. The summed E-state index contributed by atoms with van der Waals surface area (Å²) in [6.07, 6.45) is 4.26. The second kappa shape index (κ2) is 14.9. The molecule has 2 aliphatic heterocycles. The van der Waals surface area contributed by atoms with Crippen LogP contribution in [0.4, 0.5) is 4.79 Å². The minimum Gasteiger partial charge on any atom is -0.497 e. The topological polar surface area (TPSA) is 109 Å². The van der Waals surface area contributed by atoms with E-state index >= 15 is 0 Å². The summed E-state index contributed by atoms with van der Waals surface area (Å²) < 4.78 is 29.6. The highest BCUT2D eigenvalue weighted by Crippen LogP contribution is 2.32. The van der Waals surface area contributed by atoms with Crippen molar-refractivity contribution in [2.45, 2.75) is 65.3 Å². The fourth-order valence-corrected chi connectivity index (χ4v) is 5.98. The second-order valence-corrected chi connectivity index (χ2v) is 12.7. The van der Waals surface area contributed by atoms with Crippen LogP contribution in [0.25, 0.3) is 17.0 Å². The first-order valence-electron chi connectivity index (χ1n) is 16.2. The maximum Gasteiger partial charge on any atom is 0.410 e. The Morgan fingerprint density at radius 3 is 2.45 bits per heavy atom. The number of carbonyl (C=O) groups excluding carboxylic acids is 2. The molecule has 11 nitrogen and oxygen atoms in total. The third kappa shape index (κ3) is 8.65. The Hall–Kier alpha value is -4.51. The van der Waals surface area contributed by atoms with E-state index in [2.05, 4.69) is 4.90 Å². The summed E-state index contributed by atoms with van der Waals surface area (Å²) in [5.41, 5.74) is 1.69. The zero-order chi connectivity index (χ0) is 33.6. The van der Waals surface area contributed by atoms with Gasteiger partial charge in [0.05, 0.1) is 19.2 Å². The van der Waals surface area contributed by atoms with Gasteiger partial charge in [-0.1, -0.05) is 6.07 Å². The van der Waals surface area contributed by atoms with Gasteiger partial charge in [-0.25, -0.2) is 9.59 Å². The van der Waals surface area contributed by atoms with Gasteiger partial charge in [-0.3, -0.25) is 4.79 Å². The number of likely N-dealkylation sites (tertiary alicyclic amines) is 1. The van der Waals surface area contributed by atoms with E-state index in [0.29, 0.717) is 50.1 Å². The van der Waals surface area contributed by atoms with Crippen molar-refractivity contribution in [3.8, 4) is 17.2 Å². The molecule has 3 aromatic rings. The van der Waals surface area contributed by atoms with E-state index in [1.54, 1.807) is 36.8 Å². The van der Waals surface area contributed by atoms with Gasteiger partial charge in [-0.05, 0) is 82.0 Å². The Bertz CT molecular complexity index is 1670. The fraction of sp³-hybridized carbons (Fsp3) is 0.472.